The number of nitrogens with zero attached hydrogens (tertiary/aromatic N) is 4. The van der Waals surface area contributed by atoms with Crippen molar-refractivity contribution in [2.75, 3.05) is 18.4 Å². The fourth-order valence-electron chi connectivity index (χ4n) is 5.42. The summed E-state index contributed by atoms with van der Waals surface area (Å²) in [4.78, 5) is 43.3. The number of benzene rings is 2. The Bertz CT molecular complexity index is 1740. The molecule has 4 aromatic rings. The third kappa shape index (κ3) is 4.91. The Morgan fingerprint density at radius 3 is 2.52 bits per heavy atom. The molecule has 40 heavy (non-hydrogen) atoms. The number of hydroxylamine groups is 2. The lowest BCUT2D eigenvalue weighted by molar-refractivity contribution is -0.132. The monoisotopic (exact) mass is 582 g/mol. The van der Waals surface area contributed by atoms with Crippen LogP contribution in [0.5, 0.6) is 0 Å². The van der Waals surface area contributed by atoms with Crippen molar-refractivity contribution in [1.29, 1.82) is 0 Å². The summed E-state index contributed by atoms with van der Waals surface area (Å²) >= 11 is 12.7. The molecular weight excluding hydrogens is 555 g/mol. The highest BCUT2D eigenvalue weighted by Crippen LogP contribution is 2.40. The molecule has 0 bridgehead atoms. The van der Waals surface area contributed by atoms with Gasteiger partial charge in [-0.25, -0.2) is 14.8 Å². The summed E-state index contributed by atoms with van der Waals surface area (Å²) < 4.78 is 7.05. The SMILES string of the molecule is Cn1c(Nc2c(Cl)cccc2Cl)nc2ccc3nc(C4=CC5CN(OC(=O)OC(C)(C)C)CC5C4)[nH]c(=O)c3c21. The summed E-state index contributed by atoms with van der Waals surface area (Å²) in [5.74, 6) is 1.48. The molecule has 0 radical (unpaired) electrons. The van der Waals surface area contributed by atoms with Crippen molar-refractivity contribution in [2.24, 2.45) is 18.9 Å². The van der Waals surface area contributed by atoms with Gasteiger partial charge in [0, 0.05) is 20.1 Å². The fourth-order valence-corrected chi connectivity index (χ4v) is 5.91. The van der Waals surface area contributed by atoms with Gasteiger partial charge >= 0.3 is 6.16 Å². The number of carbonyl (C=O) groups excluding carboxylic acids is 1. The lowest BCUT2D eigenvalue weighted by Gasteiger charge is -2.21. The van der Waals surface area contributed by atoms with Gasteiger partial charge < -0.3 is 24.4 Å². The number of carbonyl (C=O) groups is 1. The number of imidazole rings is 1. The van der Waals surface area contributed by atoms with Crippen LogP contribution < -0.4 is 10.9 Å². The number of fused-ring (bicyclic) bond motifs is 4. The second kappa shape index (κ2) is 9.79. The molecule has 0 saturated carbocycles. The molecule has 6 rings (SSSR count). The van der Waals surface area contributed by atoms with Crippen LogP contribution in [-0.2, 0) is 16.6 Å². The van der Waals surface area contributed by atoms with Crippen LogP contribution in [0.2, 0.25) is 10.0 Å². The van der Waals surface area contributed by atoms with E-state index in [-0.39, 0.29) is 17.4 Å². The van der Waals surface area contributed by atoms with Crippen LogP contribution in [0.1, 0.15) is 33.0 Å². The third-order valence-corrected chi connectivity index (χ3v) is 7.79. The lowest BCUT2D eigenvalue weighted by Crippen LogP contribution is -2.31. The second-order valence-corrected chi connectivity index (χ2v) is 12.0. The second-order valence-electron chi connectivity index (χ2n) is 11.2. The number of allylic oxidation sites excluding steroid dienone is 1. The molecule has 1 fully saturated rings. The number of aromatic nitrogens is 4. The molecule has 2 unspecified atom stereocenters. The van der Waals surface area contributed by atoms with E-state index < -0.39 is 11.8 Å². The Balaban J connectivity index is 1.26. The van der Waals surface area contributed by atoms with E-state index in [2.05, 4.69) is 21.4 Å². The number of ether oxygens (including phenoxy) is 1. The lowest BCUT2D eigenvalue weighted by atomic mass is 10.00. The molecular formula is C28H28Cl2N6O4. The Labute approximate surface area is 239 Å². The van der Waals surface area contributed by atoms with Gasteiger partial charge in [0.2, 0.25) is 5.95 Å². The zero-order valence-corrected chi connectivity index (χ0v) is 23.9. The van der Waals surface area contributed by atoms with Crippen LogP contribution in [-0.4, -0.2) is 49.4 Å². The standard InChI is InChI=1S/C28H28Cl2N6O4/c1-28(2,3)39-27(38)40-36-12-15-10-14(11-16(15)13-36)24-31-19-8-9-20-23(21(19)25(37)34-24)35(4)26(32-20)33-22-17(29)6-5-7-18(22)30/h5-10,15-16H,11-13H2,1-4H3,(H,32,33)(H,31,34,37). The number of hydrogen-bond donors (Lipinski definition) is 2. The summed E-state index contributed by atoms with van der Waals surface area (Å²) in [5, 5.41) is 6.21. The zero-order chi connectivity index (χ0) is 28.3. The fraction of sp³-hybridized carbons (Fsp3) is 0.357. The molecule has 1 saturated heterocycles. The van der Waals surface area contributed by atoms with Crippen molar-refractivity contribution in [3.05, 3.63) is 62.6 Å². The predicted molar refractivity (Wildman–Crippen MR) is 155 cm³/mol. The molecule has 1 aliphatic carbocycles. The number of para-hydroxylation sites is 1. The number of nitrogens with one attached hydrogen (secondary N) is 2. The average molecular weight is 583 g/mol. The zero-order valence-electron chi connectivity index (χ0n) is 22.4. The molecule has 2 aromatic carbocycles. The van der Waals surface area contributed by atoms with Crippen LogP contribution in [0.25, 0.3) is 27.5 Å². The van der Waals surface area contributed by atoms with Gasteiger partial charge in [-0.1, -0.05) is 35.3 Å². The molecule has 208 valence electrons. The predicted octanol–water partition coefficient (Wildman–Crippen LogP) is 6.06. The summed E-state index contributed by atoms with van der Waals surface area (Å²) in [5.41, 5.74) is 2.52. The van der Waals surface area contributed by atoms with E-state index in [0.717, 1.165) is 5.57 Å². The number of anilines is 2. The normalized spacial score (nSPS) is 19.2. The van der Waals surface area contributed by atoms with Crippen LogP contribution in [0.4, 0.5) is 16.4 Å². The van der Waals surface area contributed by atoms with Gasteiger partial charge in [-0.05, 0) is 68.9 Å². The minimum absolute atomic E-state index is 0.184. The van der Waals surface area contributed by atoms with Crippen molar-refractivity contribution in [1.82, 2.24) is 24.6 Å². The van der Waals surface area contributed by atoms with Gasteiger partial charge in [-0.2, -0.15) is 0 Å². The first-order valence-corrected chi connectivity index (χ1v) is 13.7. The molecule has 12 heteroatoms. The number of H-pyrrole nitrogens is 1. The summed E-state index contributed by atoms with van der Waals surface area (Å²) in [6, 6.07) is 8.89. The largest absolute Gasteiger partial charge is 0.528 e. The maximum Gasteiger partial charge on any atom is 0.528 e. The molecule has 3 heterocycles. The minimum Gasteiger partial charge on any atom is -0.427 e. The average Bonchev–Trinajstić information content (AvgIpc) is 3.51. The maximum atomic E-state index is 13.4. The molecule has 0 amide bonds. The summed E-state index contributed by atoms with van der Waals surface area (Å²) in [6.45, 7) is 6.54. The van der Waals surface area contributed by atoms with Gasteiger partial charge in [0.15, 0.2) is 0 Å². The summed E-state index contributed by atoms with van der Waals surface area (Å²) in [7, 11) is 1.82. The highest BCUT2D eigenvalue weighted by atomic mass is 35.5. The van der Waals surface area contributed by atoms with Crippen molar-refractivity contribution >= 4 is 68.5 Å². The smallest absolute Gasteiger partial charge is 0.427 e. The van der Waals surface area contributed by atoms with Gasteiger partial charge in [0.25, 0.3) is 5.56 Å². The van der Waals surface area contributed by atoms with Crippen molar-refractivity contribution in [3.63, 3.8) is 0 Å². The first-order chi connectivity index (χ1) is 19.0. The highest BCUT2D eigenvalue weighted by Gasteiger charge is 2.39. The quantitative estimate of drug-likeness (QED) is 0.279. The van der Waals surface area contributed by atoms with E-state index in [1.807, 2.05) is 19.2 Å². The van der Waals surface area contributed by atoms with Crippen molar-refractivity contribution < 1.29 is 14.4 Å². The van der Waals surface area contributed by atoms with E-state index in [1.165, 1.54) is 0 Å². The molecule has 10 nitrogen and oxygen atoms in total. The minimum atomic E-state index is -0.702. The Morgan fingerprint density at radius 1 is 1.10 bits per heavy atom. The van der Waals surface area contributed by atoms with E-state index in [1.54, 1.807) is 48.6 Å². The Morgan fingerprint density at radius 2 is 1.82 bits per heavy atom. The number of halogens is 2. The van der Waals surface area contributed by atoms with Crippen LogP contribution in [0.3, 0.4) is 0 Å². The first kappa shape index (κ1) is 26.6. The van der Waals surface area contributed by atoms with Crippen LogP contribution >= 0.6 is 23.2 Å². The Hall–Kier alpha value is -3.60. The molecule has 2 aromatic heterocycles. The van der Waals surface area contributed by atoms with Crippen molar-refractivity contribution in [3.8, 4) is 0 Å². The molecule has 2 atom stereocenters. The maximum absolute atomic E-state index is 13.4. The third-order valence-electron chi connectivity index (χ3n) is 7.16. The molecule has 2 N–H and O–H groups in total. The van der Waals surface area contributed by atoms with E-state index >= 15 is 0 Å². The number of aryl methyl sites for hydroxylation is 1. The number of rotatable bonds is 4. The van der Waals surface area contributed by atoms with Gasteiger partial charge in [0.1, 0.15) is 11.4 Å². The van der Waals surface area contributed by atoms with Gasteiger partial charge in [-0.15, -0.1) is 5.06 Å². The summed E-state index contributed by atoms with van der Waals surface area (Å²) in [6.07, 6.45) is 2.13. The molecule has 2 aliphatic rings. The number of aromatic amines is 1. The first-order valence-electron chi connectivity index (χ1n) is 12.9. The van der Waals surface area contributed by atoms with E-state index in [0.29, 0.717) is 69.0 Å². The molecule has 1 aliphatic heterocycles. The topological polar surface area (TPSA) is 114 Å². The van der Waals surface area contributed by atoms with Crippen LogP contribution in [0.15, 0.2) is 41.2 Å². The van der Waals surface area contributed by atoms with Crippen molar-refractivity contribution in [2.45, 2.75) is 32.8 Å². The molecule has 0 spiro atoms. The van der Waals surface area contributed by atoms with E-state index in [4.69, 9.17) is 37.8 Å². The Kier molecular flexibility index (Phi) is 6.52. The number of hydrogen-bond acceptors (Lipinski definition) is 8. The van der Waals surface area contributed by atoms with E-state index in [9.17, 15) is 9.59 Å². The van der Waals surface area contributed by atoms with Gasteiger partial charge in [-0.3, -0.25) is 4.79 Å². The highest BCUT2D eigenvalue weighted by molar-refractivity contribution is 6.39. The van der Waals surface area contributed by atoms with Gasteiger partial charge in [0.05, 0.1) is 37.7 Å². The van der Waals surface area contributed by atoms with Crippen LogP contribution in [0, 0.1) is 11.8 Å².